The molecule has 0 fully saturated rings. The van der Waals surface area contributed by atoms with Gasteiger partial charge >= 0.3 is 41.9 Å². The van der Waals surface area contributed by atoms with Crippen LogP contribution in [0, 0.1) is 11.3 Å². The minimum Gasteiger partial charge on any atom is -0.550 e. The Morgan fingerprint density at radius 1 is 0.943 bits per heavy atom. The monoisotopic (exact) mass is 755 g/mol. The second-order valence-corrected chi connectivity index (χ2v) is 11.9. The molecule has 0 radical (unpaired) electrons. The summed E-state index contributed by atoms with van der Waals surface area (Å²) in [6, 6.07) is 9.21. The van der Waals surface area contributed by atoms with Gasteiger partial charge in [-0.1, -0.05) is 0 Å². The molecule has 0 saturated heterocycles. The molecule has 4 rings (SSSR count). The minimum absolute atomic E-state index is 0. The first kappa shape index (κ1) is 42.8. The average molecular weight is 756 g/mol. The largest absolute Gasteiger partial charge is 1.00 e. The average Bonchev–Trinajstić information content (AvgIpc) is 3.08. The van der Waals surface area contributed by atoms with Crippen molar-refractivity contribution in [2.45, 2.75) is 57.7 Å². The molecule has 0 aliphatic carbocycles. The summed E-state index contributed by atoms with van der Waals surface area (Å²) in [6.45, 7) is 2.12. The van der Waals surface area contributed by atoms with E-state index in [1.165, 1.54) is 56.4 Å². The van der Waals surface area contributed by atoms with Crippen molar-refractivity contribution in [3.8, 4) is 34.6 Å². The number of benzene rings is 2. The van der Waals surface area contributed by atoms with Gasteiger partial charge in [-0.25, -0.2) is 15.0 Å². The molecule has 1 N–H and O–H groups in total. The smallest absolute Gasteiger partial charge is 0.550 e. The minimum atomic E-state index is -4.90. The van der Waals surface area contributed by atoms with Gasteiger partial charge in [0.25, 0.3) is 0 Å². The van der Waals surface area contributed by atoms with Crippen LogP contribution in [0.2, 0.25) is 0 Å². The molecule has 0 spiro atoms. The van der Waals surface area contributed by atoms with Gasteiger partial charge in [0, 0.05) is 24.6 Å². The first-order chi connectivity index (χ1) is 24.3. The third-order valence-electron chi connectivity index (χ3n) is 7.57. The number of anilines is 1. The maximum absolute atomic E-state index is 14.4. The molecule has 0 aliphatic heterocycles. The molecule has 18 heteroatoms. The number of halogens is 6. The number of aliphatic hydroxyl groups is 1. The van der Waals surface area contributed by atoms with E-state index in [9.17, 15) is 46.6 Å². The van der Waals surface area contributed by atoms with E-state index in [-0.39, 0.29) is 113 Å². The summed E-state index contributed by atoms with van der Waals surface area (Å²) in [5, 5.41) is 30.9. The Morgan fingerprint density at radius 3 is 2.15 bits per heavy atom. The zero-order chi connectivity index (χ0) is 38.4. The fourth-order valence-electron chi connectivity index (χ4n) is 5.10. The molecule has 2 heterocycles. The Bertz CT molecular complexity index is 1950. The van der Waals surface area contributed by atoms with Crippen molar-refractivity contribution < 1.29 is 85.1 Å². The van der Waals surface area contributed by atoms with E-state index in [0.29, 0.717) is 6.07 Å². The number of nitrogens with zero attached hydrogens (tertiary/aromatic N) is 5. The number of pyridine rings is 1. The molecule has 2 aromatic carbocycles. The van der Waals surface area contributed by atoms with Crippen LogP contribution in [0.5, 0.6) is 17.2 Å². The van der Waals surface area contributed by atoms with E-state index in [1.54, 1.807) is 6.07 Å². The maximum Gasteiger partial charge on any atom is 1.00 e. The molecule has 0 unspecified atom stereocenters. The Labute approximate surface area is 322 Å². The van der Waals surface area contributed by atoms with Crippen LogP contribution in [0.25, 0.3) is 11.3 Å². The molecule has 2 aromatic heterocycles. The predicted octanol–water partition coefficient (Wildman–Crippen LogP) is 2.81. The molecule has 0 aliphatic rings. The summed E-state index contributed by atoms with van der Waals surface area (Å²) in [7, 11) is 2.32. The fraction of sp³-hybridized carbons (Fsp3) is 0.343. The summed E-state index contributed by atoms with van der Waals surface area (Å²) in [5.41, 5.74) is -4.06. The molecule has 0 atom stereocenters. The number of nitriles is 1. The number of aromatic nitrogens is 3. The van der Waals surface area contributed by atoms with E-state index in [2.05, 4.69) is 15.0 Å². The van der Waals surface area contributed by atoms with Gasteiger partial charge in [-0.2, -0.15) is 31.6 Å². The number of hydrogen-bond donors (Lipinski definition) is 1. The zero-order valence-electron chi connectivity index (χ0n) is 29.2. The van der Waals surface area contributed by atoms with Gasteiger partial charge in [0.2, 0.25) is 5.95 Å². The quantitative estimate of drug-likeness (QED) is 0.115. The maximum atomic E-state index is 14.4. The molecule has 0 bridgehead atoms. The molecule has 0 amide bonds. The van der Waals surface area contributed by atoms with Crippen molar-refractivity contribution in [2.24, 2.45) is 0 Å². The summed E-state index contributed by atoms with van der Waals surface area (Å²) in [6.07, 6.45) is -7.38. The van der Waals surface area contributed by atoms with Gasteiger partial charge in [-0.15, -0.1) is 0 Å². The number of alkyl halides is 6. The third-order valence-corrected chi connectivity index (χ3v) is 7.57. The van der Waals surface area contributed by atoms with Gasteiger partial charge in [-0.05, 0) is 80.3 Å². The number of hydrogen-bond acceptors (Lipinski definition) is 11. The van der Waals surface area contributed by atoms with Crippen LogP contribution in [0.3, 0.4) is 0 Å². The van der Waals surface area contributed by atoms with Crippen molar-refractivity contribution in [2.75, 3.05) is 25.7 Å². The van der Waals surface area contributed by atoms with Crippen LogP contribution in [-0.2, 0) is 35.8 Å². The number of carbonyl (C=O) groups excluding carboxylic acids is 1. The van der Waals surface area contributed by atoms with Crippen molar-refractivity contribution in [1.82, 2.24) is 15.0 Å². The summed E-state index contributed by atoms with van der Waals surface area (Å²) >= 11 is 0. The van der Waals surface area contributed by atoms with Crippen molar-refractivity contribution >= 4 is 11.9 Å². The Kier molecular flexibility index (Phi) is 14.1. The number of aliphatic carboxylic acids is 1. The second kappa shape index (κ2) is 17.5. The Morgan fingerprint density at radius 2 is 1.60 bits per heavy atom. The van der Waals surface area contributed by atoms with Gasteiger partial charge in [0.05, 0.1) is 61.7 Å². The van der Waals surface area contributed by atoms with Gasteiger partial charge in [0.1, 0.15) is 22.8 Å². The molecular formula is C35H32F6N5NaO6. The summed E-state index contributed by atoms with van der Waals surface area (Å²) in [4.78, 5) is 25.1. The molecule has 53 heavy (non-hydrogen) atoms. The van der Waals surface area contributed by atoms with Gasteiger partial charge in [0.15, 0.2) is 5.75 Å². The van der Waals surface area contributed by atoms with Gasteiger partial charge < -0.3 is 34.1 Å². The first-order valence-electron chi connectivity index (χ1n) is 15.4. The SMILES string of the molecule is COc1cc(CN(Cc2cc(C#N)cc(C(F)(F)F)c2)c2ncc(OCCCC(=O)[O-])cn2)c(-c2nc(C(C)(C)O)ccc2OC)cc1C(F)(F)F.[Na+]. The van der Waals surface area contributed by atoms with Crippen molar-refractivity contribution in [3.05, 3.63) is 88.4 Å². The van der Waals surface area contributed by atoms with E-state index >= 15 is 0 Å². The molecule has 0 saturated carbocycles. The number of methoxy groups -OCH3 is 2. The van der Waals surface area contributed by atoms with Crippen LogP contribution < -0.4 is 53.8 Å². The Hall–Kier alpha value is -4.63. The molecule has 4 aromatic rings. The normalized spacial score (nSPS) is 11.7. The second-order valence-electron chi connectivity index (χ2n) is 11.9. The van der Waals surface area contributed by atoms with Crippen molar-refractivity contribution in [1.29, 1.82) is 5.26 Å². The predicted molar refractivity (Wildman–Crippen MR) is 171 cm³/mol. The topological polar surface area (TPSA) is 154 Å². The Balaban J connectivity index is 0.00000756. The third kappa shape index (κ3) is 11.2. The number of carbonyl (C=O) groups is 1. The molecule has 11 nitrogen and oxygen atoms in total. The molecular weight excluding hydrogens is 723 g/mol. The van der Waals surface area contributed by atoms with Crippen LogP contribution in [-0.4, -0.2) is 46.9 Å². The fourth-order valence-corrected chi connectivity index (χ4v) is 5.10. The summed E-state index contributed by atoms with van der Waals surface area (Å²) in [5.74, 6) is -1.77. The summed E-state index contributed by atoms with van der Waals surface area (Å²) < 4.78 is 101. The van der Waals surface area contributed by atoms with Crippen LogP contribution in [0.4, 0.5) is 32.3 Å². The van der Waals surface area contributed by atoms with Crippen LogP contribution in [0.1, 0.15) is 60.2 Å². The van der Waals surface area contributed by atoms with E-state index in [0.717, 1.165) is 25.3 Å². The first-order valence-corrected chi connectivity index (χ1v) is 15.4. The number of ether oxygens (including phenoxy) is 3. The van der Waals surface area contributed by atoms with E-state index in [4.69, 9.17) is 14.2 Å². The number of carboxylic acid groups (broad SMARTS) is 1. The van der Waals surface area contributed by atoms with E-state index < -0.39 is 40.8 Å². The van der Waals surface area contributed by atoms with Crippen LogP contribution >= 0.6 is 0 Å². The number of rotatable bonds is 14. The molecule has 276 valence electrons. The number of carboxylic acids is 1. The van der Waals surface area contributed by atoms with E-state index in [1.807, 2.05) is 0 Å². The standard InChI is InChI=1S/C35H33F6N5O6.Na/c1-33(2,49)29-8-7-27(50-3)31(45-29)25-14-26(35(39,40)41)28(51-4)13-22(25)19-46(18-21-10-20(15-42)11-23(12-21)34(36,37)38)32-43-16-24(17-44-32)52-9-5-6-30(47)48;/h7-8,10-14,16-17,49H,5-6,9,18-19H2,1-4H3,(H,47,48);/q;+1/p-1. The van der Waals surface area contributed by atoms with Crippen LogP contribution in [0.15, 0.2) is 54.9 Å². The van der Waals surface area contributed by atoms with Crippen molar-refractivity contribution in [3.63, 3.8) is 0 Å². The zero-order valence-corrected chi connectivity index (χ0v) is 31.2. The van der Waals surface area contributed by atoms with Gasteiger partial charge in [-0.3, -0.25) is 0 Å².